The Balaban J connectivity index is 1.53. The van der Waals surface area contributed by atoms with Gasteiger partial charge in [0, 0.05) is 49.4 Å². The number of hydrogen-bond donors (Lipinski definition) is 0. The van der Waals surface area contributed by atoms with Crippen molar-refractivity contribution in [2.24, 2.45) is 0 Å². The van der Waals surface area contributed by atoms with Crippen LogP contribution < -0.4 is 0 Å². The minimum Gasteiger partial charge on any atom is -0.337 e. The van der Waals surface area contributed by atoms with Gasteiger partial charge in [-0.2, -0.15) is 5.10 Å². The first-order valence-electron chi connectivity index (χ1n) is 9.78. The number of amides is 1. The van der Waals surface area contributed by atoms with Crippen molar-refractivity contribution >= 4 is 5.91 Å². The average Bonchev–Trinajstić information content (AvgIpc) is 3.25. The van der Waals surface area contributed by atoms with Gasteiger partial charge in [-0.1, -0.05) is 12.1 Å². The minimum atomic E-state index is -0.215. The van der Waals surface area contributed by atoms with E-state index in [4.69, 9.17) is 0 Å². The monoisotopic (exact) mass is 370 g/mol. The number of aromatic nitrogens is 2. The molecule has 1 aromatic heterocycles. The smallest absolute Gasteiger partial charge is 0.224 e. The number of halogens is 1. The highest BCUT2D eigenvalue weighted by Crippen LogP contribution is 2.39. The van der Waals surface area contributed by atoms with Crippen LogP contribution in [0.3, 0.4) is 0 Å². The molecule has 0 saturated carbocycles. The molecule has 6 heteroatoms. The molecule has 3 atom stereocenters. The number of likely N-dealkylation sites (N-methyl/N-ethyl adjacent to an activating group) is 1. The first kappa shape index (κ1) is 18.2. The lowest BCUT2D eigenvalue weighted by molar-refractivity contribution is -0.133. The zero-order chi connectivity index (χ0) is 19.0. The number of carbonyl (C=O) groups excluding carboxylic acids is 1. The first-order valence-corrected chi connectivity index (χ1v) is 9.78. The molecule has 5 nitrogen and oxygen atoms in total. The van der Waals surface area contributed by atoms with Gasteiger partial charge in [0.05, 0.1) is 0 Å². The third-order valence-corrected chi connectivity index (χ3v) is 6.20. The van der Waals surface area contributed by atoms with E-state index in [0.717, 1.165) is 30.6 Å². The van der Waals surface area contributed by atoms with Crippen LogP contribution in [-0.2, 0) is 11.3 Å². The van der Waals surface area contributed by atoms with Crippen molar-refractivity contribution in [1.29, 1.82) is 0 Å². The van der Waals surface area contributed by atoms with Crippen molar-refractivity contribution in [2.45, 2.75) is 50.7 Å². The lowest BCUT2D eigenvalue weighted by Gasteiger charge is -2.39. The number of carbonyl (C=O) groups is 1. The molecule has 0 radical (unpaired) electrons. The zero-order valence-corrected chi connectivity index (χ0v) is 16.0. The van der Waals surface area contributed by atoms with Crippen molar-refractivity contribution in [3.8, 4) is 0 Å². The lowest BCUT2D eigenvalue weighted by Crippen LogP contribution is -2.50. The summed E-state index contributed by atoms with van der Waals surface area (Å²) >= 11 is 0. The molecule has 144 valence electrons. The third-order valence-electron chi connectivity index (χ3n) is 6.20. The molecule has 27 heavy (non-hydrogen) atoms. The molecule has 0 bridgehead atoms. The summed E-state index contributed by atoms with van der Waals surface area (Å²) in [7, 11) is 2.15. The molecule has 4 rings (SSSR count). The highest BCUT2D eigenvalue weighted by Gasteiger charge is 2.47. The van der Waals surface area contributed by atoms with Crippen LogP contribution >= 0.6 is 0 Å². The largest absolute Gasteiger partial charge is 0.337 e. The highest BCUT2D eigenvalue weighted by atomic mass is 19.1. The quantitative estimate of drug-likeness (QED) is 0.831. The van der Waals surface area contributed by atoms with Crippen LogP contribution in [-0.4, -0.2) is 57.7 Å². The Kier molecular flexibility index (Phi) is 5.00. The summed E-state index contributed by atoms with van der Waals surface area (Å²) in [6.07, 6.45) is 4.38. The molecule has 2 aliphatic heterocycles. The molecule has 2 saturated heterocycles. The minimum absolute atomic E-state index is 0.194. The molecule has 2 fully saturated rings. The number of benzene rings is 1. The number of fused-ring (bicyclic) bond motifs is 1. The van der Waals surface area contributed by atoms with Crippen LogP contribution in [0, 0.1) is 12.7 Å². The summed E-state index contributed by atoms with van der Waals surface area (Å²) in [4.78, 5) is 17.5. The highest BCUT2D eigenvalue weighted by molar-refractivity contribution is 5.77. The Morgan fingerprint density at radius 2 is 2.04 bits per heavy atom. The second-order valence-corrected chi connectivity index (χ2v) is 7.83. The number of likely N-dealkylation sites (tertiary alicyclic amines) is 2. The standard InChI is InChI=1S/C21H27FN4O/c1-15-9-11-23-26(15)13-10-20(27)25-14-18(16-5-7-17(22)8-6-16)21-19(25)4-3-12-24(21)2/h5-9,11,18-19,21H,3-4,10,12-14H2,1-2H3/t18-,19-,21-/m1/s1. The molecule has 1 aromatic carbocycles. The second-order valence-electron chi connectivity index (χ2n) is 7.83. The molecule has 0 spiro atoms. The summed E-state index contributed by atoms with van der Waals surface area (Å²) in [5.41, 5.74) is 2.20. The van der Waals surface area contributed by atoms with Gasteiger partial charge in [0.25, 0.3) is 0 Å². The van der Waals surface area contributed by atoms with Crippen LogP contribution in [0.2, 0.25) is 0 Å². The van der Waals surface area contributed by atoms with Gasteiger partial charge in [0.15, 0.2) is 0 Å². The van der Waals surface area contributed by atoms with Gasteiger partial charge in [-0.25, -0.2) is 4.39 Å². The van der Waals surface area contributed by atoms with E-state index in [1.807, 2.05) is 29.8 Å². The molecule has 1 amide bonds. The number of nitrogens with zero attached hydrogens (tertiary/aromatic N) is 4. The van der Waals surface area contributed by atoms with E-state index in [9.17, 15) is 9.18 Å². The van der Waals surface area contributed by atoms with Gasteiger partial charge in [-0.15, -0.1) is 0 Å². The SMILES string of the molecule is Cc1ccnn1CCC(=O)N1C[C@H](c2ccc(F)cc2)[C@@H]2[C@H]1CCCN2C. The van der Waals surface area contributed by atoms with Crippen LogP contribution in [0.15, 0.2) is 36.5 Å². The van der Waals surface area contributed by atoms with E-state index < -0.39 is 0 Å². The number of aryl methyl sites for hydroxylation is 2. The fourth-order valence-corrected chi connectivity index (χ4v) is 4.81. The van der Waals surface area contributed by atoms with Crippen molar-refractivity contribution < 1.29 is 9.18 Å². The summed E-state index contributed by atoms with van der Waals surface area (Å²) in [6.45, 7) is 4.38. The number of hydrogen-bond acceptors (Lipinski definition) is 3. The molecule has 0 N–H and O–H groups in total. The van der Waals surface area contributed by atoms with Crippen LogP contribution in [0.25, 0.3) is 0 Å². The zero-order valence-electron chi connectivity index (χ0n) is 16.0. The maximum absolute atomic E-state index is 13.4. The average molecular weight is 370 g/mol. The third kappa shape index (κ3) is 3.50. The van der Waals surface area contributed by atoms with Crippen molar-refractivity contribution in [3.05, 3.63) is 53.6 Å². The Morgan fingerprint density at radius 1 is 1.26 bits per heavy atom. The van der Waals surface area contributed by atoms with Gasteiger partial charge in [-0.05, 0) is 57.1 Å². The molecule has 3 heterocycles. The predicted octanol–water partition coefficient (Wildman–Crippen LogP) is 2.81. The Hall–Kier alpha value is -2.21. The van der Waals surface area contributed by atoms with Gasteiger partial charge >= 0.3 is 0 Å². The molecule has 2 aromatic rings. The van der Waals surface area contributed by atoms with Crippen molar-refractivity contribution in [3.63, 3.8) is 0 Å². The van der Waals surface area contributed by atoms with Gasteiger partial charge < -0.3 is 9.80 Å². The topological polar surface area (TPSA) is 41.4 Å². The van der Waals surface area contributed by atoms with Crippen LogP contribution in [0.5, 0.6) is 0 Å². The second kappa shape index (κ2) is 7.43. The molecular formula is C21H27FN4O. The molecule has 0 aliphatic carbocycles. The van der Waals surface area contributed by atoms with E-state index in [0.29, 0.717) is 25.6 Å². The summed E-state index contributed by atoms with van der Waals surface area (Å²) in [5.74, 6) is 0.212. The van der Waals surface area contributed by atoms with E-state index in [-0.39, 0.29) is 23.7 Å². The first-order chi connectivity index (χ1) is 13.0. The van der Waals surface area contributed by atoms with Crippen LogP contribution in [0.1, 0.15) is 36.4 Å². The molecular weight excluding hydrogens is 343 g/mol. The fraction of sp³-hybridized carbons (Fsp3) is 0.524. The van der Waals surface area contributed by atoms with Crippen LogP contribution in [0.4, 0.5) is 4.39 Å². The van der Waals surface area contributed by atoms with Gasteiger partial charge in [-0.3, -0.25) is 9.48 Å². The Morgan fingerprint density at radius 3 is 2.74 bits per heavy atom. The van der Waals surface area contributed by atoms with Crippen molar-refractivity contribution in [2.75, 3.05) is 20.1 Å². The van der Waals surface area contributed by atoms with Gasteiger partial charge in [0.2, 0.25) is 5.91 Å². The molecule has 0 unspecified atom stereocenters. The lowest BCUT2D eigenvalue weighted by atomic mass is 9.86. The maximum Gasteiger partial charge on any atom is 0.224 e. The Labute approximate surface area is 159 Å². The van der Waals surface area contributed by atoms with Crippen molar-refractivity contribution in [1.82, 2.24) is 19.6 Å². The summed E-state index contributed by atoms with van der Waals surface area (Å²) < 4.78 is 15.3. The maximum atomic E-state index is 13.4. The van der Waals surface area contributed by atoms with E-state index in [1.54, 1.807) is 6.20 Å². The summed E-state index contributed by atoms with van der Waals surface area (Å²) in [6, 6.07) is 9.30. The predicted molar refractivity (Wildman–Crippen MR) is 102 cm³/mol. The van der Waals surface area contributed by atoms with Gasteiger partial charge in [0.1, 0.15) is 5.82 Å². The number of piperidine rings is 1. The number of rotatable bonds is 4. The van der Waals surface area contributed by atoms with E-state index in [2.05, 4.69) is 21.9 Å². The fourth-order valence-electron chi connectivity index (χ4n) is 4.81. The normalized spacial score (nSPS) is 25.6. The van der Waals surface area contributed by atoms with E-state index >= 15 is 0 Å². The summed E-state index contributed by atoms with van der Waals surface area (Å²) in [5, 5.41) is 4.28. The Bertz CT molecular complexity index is 803. The van der Waals surface area contributed by atoms with E-state index in [1.165, 1.54) is 12.1 Å². The molecule has 2 aliphatic rings.